The van der Waals surface area contributed by atoms with Gasteiger partial charge in [0.15, 0.2) is 0 Å². The maximum atomic E-state index is 11.4. The molecule has 36 heavy (non-hydrogen) atoms. The highest BCUT2D eigenvalue weighted by molar-refractivity contribution is 7.85. The van der Waals surface area contributed by atoms with Gasteiger partial charge in [0.2, 0.25) is 5.91 Å². The molecule has 0 spiro atoms. The zero-order chi connectivity index (χ0) is 26.4. The van der Waals surface area contributed by atoms with Crippen molar-refractivity contribution in [1.29, 1.82) is 0 Å². The van der Waals surface area contributed by atoms with Crippen LogP contribution in [0.5, 0.6) is 0 Å². The van der Waals surface area contributed by atoms with Crippen LogP contribution in [0.15, 0.2) is 102 Å². The van der Waals surface area contributed by atoms with Gasteiger partial charge < -0.3 is 14.4 Å². The van der Waals surface area contributed by atoms with Crippen LogP contribution in [0, 0.1) is 6.92 Å². The van der Waals surface area contributed by atoms with E-state index in [1.54, 1.807) is 12.1 Å². The van der Waals surface area contributed by atoms with Crippen molar-refractivity contribution in [2.75, 3.05) is 19.6 Å². The van der Waals surface area contributed by atoms with Crippen LogP contribution in [0.3, 0.4) is 0 Å². The molecule has 0 fully saturated rings. The molecule has 3 rings (SSSR count). The molecule has 0 saturated carbocycles. The van der Waals surface area contributed by atoms with Gasteiger partial charge in [-0.05, 0) is 32.1 Å². The van der Waals surface area contributed by atoms with Gasteiger partial charge in [0, 0.05) is 24.1 Å². The molecule has 7 heteroatoms. The third-order valence-corrected chi connectivity index (χ3v) is 6.85. The number of carbonyl (C=O) groups excluding carboxylic acids is 1. The summed E-state index contributed by atoms with van der Waals surface area (Å²) in [7, 11) is -4.27. The number of nitrogens with zero attached hydrogens (tertiary/aromatic N) is 1. The molecule has 6 nitrogen and oxygen atoms in total. The minimum absolute atomic E-state index is 0.0966. The van der Waals surface area contributed by atoms with Gasteiger partial charge in [-0.15, -0.1) is 0 Å². The van der Waals surface area contributed by atoms with E-state index < -0.39 is 10.1 Å². The van der Waals surface area contributed by atoms with Crippen LogP contribution < -0.4 is 5.32 Å². The molecule has 3 aromatic rings. The van der Waals surface area contributed by atoms with E-state index in [0.717, 1.165) is 42.6 Å². The fourth-order valence-electron chi connectivity index (χ4n) is 3.94. The highest BCUT2D eigenvalue weighted by Crippen LogP contribution is 2.20. The number of aryl methyl sites for hydroxylation is 1. The first-order valence-corrected chi connectivity index (χ1v) is 13.4. The van der Waals surface area contributed by atoms with Crippen molar-refractivity contribution in [1.82, 2.24) is 5.32 Å². The molecule has 0 saturated heterocycles. The minimum Gasteiger partial charge on any atom is -0.744 e. The monoisotopic (exact) mass is 508 g/mol. The van der Waals surface area contributed by atoms with E-state index >= 15 is 0 Å². The van der Waals surface area contributed by atoms with Crippen LogP contribution >= 0.6 is 0 Å². The zero-order valence-electron chi connectivity index (χ0n) is 21.1. The number of nitrogens with one attached hydrogen (secondary N) is 1. The summed E-state index contributed by atoms with van der Waals surface area (Å²) < 4.78 is 32.1. The van der Waals surface area contributed by atoms with Crippen LogP contribution in [-0.4, -0.2) is 43.0 Å². The molecule has 0 aliphatic carbocycles. The van der Waals surface area contributed by atoms with E-state index in [1.807, 2.05) is 6.92 Å². The maximum absolute atomic E-state index is 11.4. The average molecular weight is 509 g/mol. The maximum Gasteiger partial charge on any atom is 0.243 e. The van der Waals surface area contributed by atoms with Gasteiger partial charge in [-0.1, -0.05) is 84.9 Å². The predicted octanol–water partition coefficient (Wildman–Crippen LogP) is 4.81. The molecule has 1 N–H and O–H groups in total. The summed E-state index contributed by atoms with van der Waals surface area (Å²) in [6, 6.07) is 27.1. The Morgan fingerprint density at radius 2 is 1.42 bits per heavy atom. The lowest BCUT2D eigenvalue weighted by molar-refractivity contribution is -0.952. The lowest BCUT2D eigenvalue weighted by Crippen LogP contribution is -2.47. The summed E-state index contributed by atoms with van der Waals surface area (Å²) in [5.41, 5.74) is 3.64. The first kappa shape index (κ1) is 29.0. The number of amides is 1. The second-order valence-corrected chi connectivity index (χ2v) is 10.2. The first-order chi connectivity index (χ1) is 17.2. The van der Waals surface area contributed by atoms with Gasteiger partial charge in [-0.25, -0.2) is 8.42 Å². The summed E-state index contributed by atoms with van der Waals surface area (Å²) in [5.74, 6) is -0.0966. The van der Waals surface area contributed by atoms with Gasteiger partial charge >= 0.3 is 0 Å². The van der Waals surface area contributed by atoms with Crippen molar-refractivity contribution in [3.05, 3.63) is 114 Å². The van der Waals surface area contributed by atoms with Crippen LogP contribution in [-0.2, 0) is 28.0 Å². The number of benzene rings is 3. The second kappa shape index (κ2) is 14.3. The summed E-state index contributed by atoms with van der Waals surface area (Å²) in [5, 5.41) is 2.89. The highest BCUT2D eigenvalue weighted by atomic mass is 32.2. The molecule has 0 heterocycles. The Labute approximate surface area is 215 Å². The van der Waals surface area contributed by atoms with Gasteiger partial charge in [0.25, 0.3) is 0 Å². The Morgan fingerprint density at radius 3 is 1.83 bits per heavy atom. The van der Waals surface area contributed by atoms with Gasteiger partial charge in [-0.3, -0.25) is 4.79 Å². The molecule has 0 atom stereocenters. The lowest BCUT2D eigenvalue weighted by atomic mass is 10.1. The third-order valence-electron chi connectivity index (χ3n) is 6.00. The Balaban J connectivity index is 0.000000346. The van der Waals surface area contributed by atoms with E-state index in [4.69, 9.17) is 0 Å². The molecule has 0 aliphatic rings. The fraction of sp³-hybridized carbons (Fsp3) is 0.276. The number of carbonyl (C=O) groups is 1. The number of hydrogen-bond donors (Lipinski definition) is 1. The van der Waals surface area contributed by atoms with Crippen LogP contribution in [0.4, 0.5) is 0 Å². The largest absolute Gasteiger partial charge is 0.744 e. The summed E-state index contributed by atoms with van der Waals surface area (Å²) in [4.78, 5) is 11.2. The normalized spacial score (nSPS) is 11.2. The second-order valence-electron chi connectivity index (χ2n) is 8.78. The van der Waals surface area contributed by atoms with Gasteiger partial charge in [-0.2, -0.15) is 0 Å². The Hall–Kier alpha value is -3.26. The minimum atomic E-state index is -4.27. The van der Waals surface area contributed by atoms with Crippen LogP contribution in [0.25, 0.3) is 0 Å². The molecule has 0 radical (unpaired) electrons. The van der Waals surface area contributed by atoms with Crippen molar-refractivity contribution < 1.29 is 22.2 Å². The summed E-state index contributed by atoms with van der Waals surface area (Å²) >= 11 is 0. The first-order valence-electron chi connectivity index (χ1n) is 12.0. The topological polar surface area (TPSA) is 86.3 Å². The fourth-order valence-corrected chi connectivity index (χ4v) is 4.41. The van der Waals surface area contributed by atoms with Crippen molar-refractivity contribution >= 4 is 16.0 Å². The van der Waals surface area contributed by atoms with E-state index in [-0.39, 0.29) is 10.8 Å². The standard InChI is InChI=1S/C22H28N2O.C7H8O3S/c1-3-22(25)23-16-11-17-24(4-2,18-20-12-7-5-8-13-20)19-21-14-9-6-10-15-21;1-6-2-4-7(5-3-6)11(8,9)10/h3,5-10,12-15H,1,4,11,16-19H2,2H3;2-5H,1H3,(H,8,9,10). The smallest absolute Gasteiger partial charge is 0.243 e. The number of hydrogen-bond acceptors (Lipinski definition) is 4. The number of rotatable bonds is 11. The third kappa shape index (κ3) is 10.2. The molecule has 192 valence electrons. The Kier molecular flexibility index (Phi) is 11.5. The highest BCUT2D eigenvalue weighted by Gasteiger charge is 2.26. The van der Waals surface area contributed by atoms with E-state index in [9.17, 15) is 17.8 Å². The average Bonchev–Trinajstić information content (AvgIpc) is 2.87. The van der Waals surface area contributed by atoms with Crippen molar-refractivity contribution in [3.63, 3.8) is 0 Å². The lowest BCUT2D eigenvalue weighted by Gasteiger charge is -2.38. The molecule has 0 aromatic heterocycles. The van der Waals surface area contributed by atoms with E-state index in [0.29, 0.717) is 6.54 Å². The SMILES string of the molecule is C=CC(=O)NCCC[N+](CC)(Cc1ccccc1)Cc1ccccc1.Cc1ccc(S(=O)(=O)[O-])cc1. The van der Waals surface area contributed by atoms with Gasteiger partial charge in [0.1, 0.15) is 23.2 Å². The van der Waals surface area contributed by atoms with Crippen molar-refractivity contribution in [3.8, 4) is 0 Å². The molecule has 0 aliphatic heterocycles. The molecule has 1 amide bonds. The van der Waals surface area contributed by atoms with E-state index in [2.05, 4.69) is 79.5 Å². The predicted molar refractivity (Wildman–Crippen MR) is 143 cm³/mol. The van der Waals surface area contributed by atoms with E-state index in [1.165, 1.54) is 29.3 Å². The quantitative estimate of drug-likeness (QED) is 0.174. The summed E-state index contributed by atoms with van der Waals surface area (Å²) in [6.45, 7) is 12.4. The van der Waals surface area contributed by atoms with Crippen LogP contribution in [0.2, 0.25) is 0 Å². The number of quaternary nitrogens is 1. The Bertz CT molecular complexity index is 1140. The zero-order valence-corrected chi connectivity index (χ0v) is 21.9. The van der Waals surface area contributed by atoms with Gasteiger partial charge in [0.05, 0.1) is 18.0 Å². The molecule has 0 unspecified atom stereocenters. The van der Waals surface area contributed by atoms with Crippen molar-refractivity contribution in [2.45, 2.75) is 38.3 Å². The molecular weight excluding hydrogens is 472 g/mol. The molecule has 3 aromatic carbocycles. The Morgan fingerprint density at radius 1 is 0.917 bits per heavy atom. The summed E-state index contributed by atoms with van der Waals surface area (Å²) in [6.07, 6.45) is 2.28. The molecular formula is C29H36N2O4S. The molecule has 0 bridgehead atoms. The van der Waals surface area contributed by atoms with Crippen LogP contribution in [0.1, 0.15) is 30.0 Å². The van der Waals surface area contributed by atoms with Crippen molar-refractivity contribution in [2.24, 2.45) is 0 Å².